The number of rotatable bonds is 7. The van der Waals surface area contributed by atoms with Crippen LogP contribution in [0.5, 0.6) is 0 Å². The van der Waals surface area contributed by atoms with Crippen molar-refractivity contribution in [1.82, 2.24) is 14.5 Å². The van der Waals surface area contributed by atoms with Gasteiger partial charge in [0.2, 0.25) is 0 Å². The lowest BCUT2D eigenvalue weighted by Crippen LogP contribution is -2.58. The van der Waals surface area contributed by atoms with Crippen LogP contribution in [-0.4, -0.2) is 56.1 Å². The van der Waals surface area contributed by atoms with Crippen LogP contribution in [0.2, 0.25) is 0 Å². The molecular formula is C32H44N4O4. The van der Waals surface area contributed by atoms with Crippen molar-refractivity contribution in [1.29, 1.82) is 0 Å². The molecule has 2 aromatic rings. The van der Waals surface area contributed by atoms with Crippen molar-refractivity contribution in [3.8, 4) is 0 Å². The van der Waals surface area contributed by atoms with E-state index in [9.17, 15) is 14.8 Å². The highest BCUT2D eigenvalue weighted by Crippen LogP contribution is 2.47. The number of nitrogens with zero attached hydrogens (tertiary/aromatic N) is 4. The van der Waals surface area contributed by atoms with E-state index in [1.54, 1.807) is 6.92 Å². The Morgan fingerprint density at radius 3 is 2.30 bits per heavy atom. The Labute approximate surface area is 236 Å². The first kappa shape index (κ1) is 27.4. The minimum atomic E-state index is -0.382. The minimum Gasteiger partial charge on any atom is -0.466 e. The standard InChI is InChI=1S/C32H44N4O4/c1-2-40-30(37)15-14-28(34-39)31-32(38)36(29-13-6-5-12-27(29)33-31)26-19-23-10-7-11-24(20-26)35(23)25-17-21-8-3-4-9-22(16-21)18-25/h5-6,12-13,21-26,39H,2-4,7-11,14-20H2,1H3/b34-28+/t21-,22-,23-,24-/m1/s1. The summed E-state index contributed by atoms with van der Waals surface area (Å²) in [4.78, 5) is 33.7. The van der Waals surface area contributed by atoms with Crippen LogP contribution in [0.15, 0.2) is 34.2 Å². The summed E-state index contributed by atoms with van der Waals surface area (Å²) >= 11 is 0. The molecule has 8 heteroatoms. The van der Waals surface area contributed by atoms with E-state index in [-0.39, 0.29) is 48.4 Å². The third kappa shape index (κ3) is 5.44. The number of carbonyl (C=O) groups is 1. The van der Waals surface area contributed by atoms with Gasteiger partial charge in [-0.1, -0.05) is 49.4 Å². The molecule has 216 valence electrons. The predicted octanol–water partition coefficient (Wildman–Crippen LogP) is 5.84. The summed E-state index contributed by atoms with van der Waals surface area (Å²) in [5, 5.41) is 13.3. The highest BCUT2D eigenvalue weighted by Gasteiger charge is 2.45. The van der Waals surface area contributed by atoms with E-state index < -0.39 is 0 Å². The van der Waals surface area contributed by atoms with Crippen molar-refractivity contribution in [2.75, 3.05) is 6.61 Å². The summed E-state index contributed by atoms with van der Waals surface area (Å²) in [5.41, 5.74) is 1.59. The van der Waals surface area contributed by atoms with Gasteiger partial charge in [0.1, 0.15) is 5.71 Å². The van der Waals surface area contributed by atoms with Gasteiger partial charge in [0, 0.05) is 30.6 Å². The maximum Gasteiger partial charge on any atom is 0.306 e. The fourth-order valence-electron chi connectivity index (χ4n) is 8.68. The zero-order valence-electron chi connectivity index (χ0n) is 23.8. The lowest BCUT2D eigenvalue weighted by atomic mass is 9.73. The molecule has 2 saturated carbocycles. The van der Waals surface area contributed by atoms with Gasteiger partial charge in [-0.05, 0) is 75.8 Å². The van der Waals surface area contributed by atoms with Crippen LogP contribution in [0.1, 0.15) is 109 Å². The van der Waals surface area contributed by atoms with Gasteiger partial charge in [-0.3, -0.25) is 14.5 Å². The molecule has 1 aromatic carbocycles. The molecule has 2 aliphatic heterocycles. The quantitative estimate of drug-likeness (QED) is 0.202. The molecule has 8 nitrogen and oxygen atoms in total. The molecule has 1 N–H and O–H groups in total. The van der Waals surface area contributed by atoms with Gasteiger partial charge in [0.25, 0.3) is 5.56 Å². The second-order valence-corrected chi connectivity index (χ2v) is 12.7. The van der Waals surface area contributed by atoms with Crippen molar-refractivity contribution in [3.05, 3.63) is 40.3 Å². The third-order valence-corrected chi connectivity index (χ3v) is 10.2. The smallest absolute Gasteiger partial charge is 0.306 e. The first-order chi connectivity index (χ1) is 19.6. The number of para-hydroxylation sites is 2. The van der Waals surface area contributed by atoms with Crippen LogP contribution in [0, 0.1) is 11.8 Å². The lowest BCUT2D eigenvalue weighted by molar-refractivity contribution is -0.142. The number of benzene rings is 1. The topological polar surface area (TPSA) is 97.0 Å². The Balaban J connectivity index is 1.30. The minimum absolute atomic E-state index is 0.0348. The van der Waals surface area contributed by atoms with Gasteiger partial charge in [0.05, 0.1) is 24.1 Å². The average Bonchev–Trinajstić information content (AvgIpc) is 3.12. The summed E-state index contributed by atoms with van der Waals surface area (Å²) < 4.78 is 6.98. The van der Waals surface area contributed by atoms with Crippen LogP contribution in [0.4, 0.5) is 0 Å². The van der Waals surface area contributed by atoms with Gasteiger partial charge in [-0.2, -0.15) is 0 Å². The molecule has 1 aromatic heterocycles. The number of aromatic nitrogens is 2. The van der Waals surface area contributed by atoms with Gasteiger partial charge >= 0.3 is 5.97 Å². The lowest BCUT2D eigenvalue weighted by Gasteiger charge is -2.54. The first-order valence-electron chi connectivity index (χ1n) is 15.7. The van der Waals surface area contributed by atoms with Gasteiger partial charge in [-0.25, -0.2) is 4.98 Å². The second-order valence-electron chi connectivity index (χ2n) is 12.7. The van der Waals surface area contributed by atoms with Crippen LogP contribution in [0.25, 0.3) is 11.0 Å². The normalized spacial score (nSPS) is 31.1. The third-order valence-electron chi connectivity index (χ3n) is 10.2. The summed E-state index contributed by atoms with van der Waals surface area (Å²) in [6, 6.07) is 9.53. The molecule has 4 fully saturated rings. The fraction of sp³-hybridized carbons (Fsp3) is 0.688. The van der Waals surface area contributed by atoms with Crippen molar-refractivity contribution < 1.29 is 14.7 Å². The van der Waals surface area contributed by atoms with Crippen LogP contribution in [-0.2, 0) is 9.53 Å². The number of piperidine rings is 2. The Kier molecular flexibility index (Phi) is 8.24. The van der Waals surface area contributed by atoms with Gasteiger partial charge < -0.3 is 14.5 Å². The summed E-state index contributed by atoms with van der Waals surface area (Å²) in [7, 11) is 0. The Bertz CT molecular complexity index is 1280. The van der Waals surface area contributed by atoms with Crippen LogP contribution >= 0.6 is 0 Å². The number of fused-ring (bicyclic) bond motifs is 5. The number of hydrogen-bond acceptors (Lipinski definition) is 7. The van der Waals surface area contributed by atoms with Crippen LogP contribution in [0.3, 0.4) is 0 Å². The van der Waals surface area contributed by atoms with E-state index in [2.05, 4.69) is 15.0 Å². The molecule has 2 saturated heterocycles. The maximum atomic E-state index is 14.1. The van der Waals surface area contributed by atoms with E-state index >= 15 is 0 Å². The van der Waals surface area contributed by atoms with Crippen molar-refractivity contribution in [2.24, 2.45) is 17.0 Å². The zero-order chi connectivity index (χ0) is 27.6. The Hall–Kier alpha value is -2.74. The Morgan fingerprint density at radius 2 is 1.62 bits per heavy atom. The molecule has 6 rings (SSSR count). The zero-order valence-corrected chi connectivity index (χ0v) is 23.8. The number of esters is 1. The maximum absolute atomic E-state index is 14.1. The molecular weight excluding hydrogens is 504 g/mol. The summed E-state index contributed by atoms with van der Waals surface area (Å²) in [6.07, 6.45) is 15.5. The monoisotopic (exact) mass is 548 g/mol. The average molecular weight is 549 g/mol. The number of carbonyl (C=O) groups excluding carboxylic acids is 1. The molecule has 2 aliphatic carbocycles. The van der Waals surface area contributed by atoms with Crippen molar-refractivity contribution >= 4 is 22.7 Å². The SMILES string of the molecule is CCOC(=O)CC/C(=N\O)c1nc2ccccc2n(C2C[C@H]3CCC[C@H](C2)N3C2C[C@@H]3CCCC[C@@H](C2)C3)c1=O. The second kappa shape index (κ2) is 12.0. The molecule has 0 radical (unpaired) electrons. The number of ether oxygens (including phenoxy) is 1. The predicted molar refractivity (Wildman–Crippen MR) is 155 cm³/mol. The molecule has 0 unspecified atom stereocenters. The summed E-state index contributed by atoms with van der Waals surface area (Å²) in [6.45, 7) is 2.04. The first-order valence-corrected chi connectivity index (χ1v) is 15.7. The van der Waals surface area contributed by atoms with E-state index in [0.29, 0.717) is 23.6 Å². The Morgan fingerprint density at radius 1 is 0.925 bits per heavy atom. The largest absolute Gasteiger partial charge is 0.466 e. The van der Waals surface area contributed by atoms with Gasteiger partial charge in [-0.15, -0.1) is 0 Å². The molecule has 4 aliphatic rings. The molecule has 3 heterocycles. The van der Waals surface area contributed by atoms with E-state index in [0.717, 1.165) is 30.2 Å². The van der Waals surface area contributed by atoms with Crippen LogP contribution < -0.4 is 5.56 Å². The van der Waals surface area contributed by atoms with Gasteiger partial charge in [0.15, 0.2) is 5.69 Å². The van der Waals surface area contributed by atoms with E-state index in [4.69, 9.17) is 4.74 Å². The van der Waals surface area contributed by atoms with E-state index in [1.807, 2.05) is 28.8 Å². The molecule has 0 spiro atoms. The van der Waals surface area contributed by atoms with E-state index in [1.165, 1.54) is 64.2 Å². The van der Waals surface area contributed by atoms with Crippen molar-refractivity contribution in [2.45, 2.75) is 121 Å². The number of hydrogen-bond donors (Lipinski definition) is 1. The highest BCUT2D eigenvalue weighted by molar-refractivity contribution is 6.00. The fourth-order valence-corrected chi connectivity index (χ4v) is 8.68. The van der Waals surface area contributed by atoms with Crippen molar-refractivity contribution in [3.63, 3.8) is 0 Å². The molecule has 4 bridgehead atoms. The molecule has 0 amide bonds. The molecule has 4 atom stereocenters. The summed E-state index contributed by atoms with van der Waals surface area (Å²) in [5.74, 6) is 1.40. The number of oxime groups is 1. The highest BCUT2D eigenvalue weighted by atomic mass is 16.5. The molecule has 40 heavy (non-hydrogen) atoms.